The standard InChI is InChI=1S/C17H17N3O/c1-12-5-3-7-15(9-12)19-13(2)17(21)20-16-8-4-6-14(10-16)11-18/h3-10,13,19H,1-2H3,(H,20,21)/t13-/m1/s1. The molecule has 0 bridgehead atoms. The van der Waals surface area contributed by atoms with Crippen LogP contribution in [0.15, 0.2) is 48.5 Å². The SMILES string of the molecule is Cc1cccc(N[C@H](C)C(=O)Nc2cccc(C#N)c2)c1. The van der Waals surface area contributed by atoms with Gasteiger partial charge in [-0.15, -0.1) is 0 Å². The van der Waals surface area contributed by atoms with E-state index in [1.165, 1.54) is 0 Å². The van der Waals surface area contributed by atoms with Gasteiger partial charge in [0.1, 0.15) is 6.04 Å². The largest absolute Gasteiger partial charge is 0.374 e. The van der Waals surface area contributed by atoms with Crippen LogP contribution in [0.3, 0.4) is 0 Å². The average Bonchev–Trinajstić information content (AvgIpc) is 2.47. The maximum atomic E-state index is 12.1. The van der Waals surface area contributed by atoms with Crippen molar-refractivity contribution in [3.63, 3.8) is 0 Å². The Bertz CT molecular complexity index is 688. The normalized spacial score (nSPS) is 11.3. The predicted octanol–water partition coefficient (Wildman–Crippen LogP) is 3.31. The fraction of sp³-hybridized carbons (Fsp3) is 0.176. The van der Waals surface area contributed by atoms with Crippen molar-refractivity contribution in [3.05, 3.63) is 59.7 Å². The van der Waals surface area contributed by atoms with Crippen molar-refractivity contribution >= 4 is 17.3 Å². The Morgan fingerprint density at radius 1 is 1.14 bits per heavy atom. The fourth-order valence-electron chi connectivity index (χ4n) is 1.97. The number of nitrogens with zero attached hydrogens (tertiary/aromatic N) is 1. The average molecular weight is 279 g/mol. The first-order chi connectivity index (χ1) is 10.1. The molecule has 0 aliphatic rings. The third-order valence-electron chi connectivity index (χ3n) is 3.05. The summed E-state index contributed by atoms with van der Waals surface area (Å²) in [5, 5.41) is 14.8. The van der Waals surface area contributed by atoms with E-state index < -0.39 is 0 Å². The van der Waals surface area contributed by atoms with E-state index in [1.54, 1.807) is 31.2 Å². The predicted molar refractivity (Wildman–Crippen MR) is 84.1 cm³/mol. The van der Waals surface area contributed by atoms with Gasteiger partial charge in [0.25, 0.3) is 0 Å². The zero-order chi connectivity index (χ0) is 15.2. The Hall–Kier alpha value is -2.80. The first kappa shape index (κ1) is 14.6. The van der Waals surface area contributed by atoms with Crippen LogP contribution in [0, 0.1) is 18.3 Å². The highest BCUT2D eigenvalue weighted by Gasteiger charge is 2.12. The van der Waals surface area contributed by atoms with Crippen molar-refractivity contribution in [2.75, 3.05) is 10.6 Å². The van der Waals surface area contributed by atoms with E-state index in [0.717, 1.165) is 11.3 Å². The van der Waals surface area contributed by atoms with E-state index in [4.69, 9.17) is 5.26 Å². The Morgan fingerprint density at radius 3 is 2.57 bits per heavy atom. The highest BCUT2D eigenvalue weighted by Crippen LogP contribution is 2.13. The summed E-state index contributed by atoms with van der Waals surface area (Å²) in [5.41, 5.74) is 3.18. The number of nitrogens with one attached hydrogen (secondary N) is 2. The van der Waals surface area contributed by atoms with Crippen molar-refractivity contribution in [1.82, 2.24) is 0 Å². The molecule has 4 heteroatoms. The molecule has 106 valence electrons. The van der Waals surface area contributed by atoms with Gasteiger partial charge < -0.3 is 10.6 Å². The summed E-state index contributed by atoms with van der Waals surface area (Å²) in [5.74, 6) is -0.147. The summed E-state index contributed by atoms with van der Waals surface area (Å²) in [6, 6.07) is 16.4. The lowest BCUT2D eigenvalue weighted by Crippen LogP contribution is -2.31. The Morgan fingerprint density at radius 2 is 1.86 bits per heavy atom. The highest BCUT2D eigenvalue weighted by atomic mass is 16.2. The molecule has 2 N–H and O–H groups in total. The number of amides is 1. The van der Waals surface area contributed by atoms with E-state index in [-0.39, 0.29) is 11.9 Å². The second-order valence-corrected chi connectivity index (χ2v) is 4.92. The molecule has 21 heavy (non-hydrogen) atoms. The van der Waals surface area contributed by atoms with Gasteiger partial charge >= 0.3 is 0 Å². The van der Waals surface area contributed by atoms with Gasteiger partial charge in [0.2, 0.25) is 5.91 Å². The first-order valence-electron chi connectivity index (χ1n) is 6.73. The molecule has 0 saturated carbocycles. The molecule has 2 rings (SSSR count). The lowest BCUT2D eigenvalue weighted by Gasteiger charge is -2.15. The van der Waals surface area contributed by atoms with E-state index in [1.807, 2.05) is 37.3 Å². The number of carbonyl (C=O) groups excluding carboxylic acids is 1. The number of aryl methyl sites for hydroxylation is 1. The maximum Gasteiger partial charge on any atom is 0.246 e. The number of hydrogen-bond donors (Lipinski definition) is 2. The maximum absolute atomic E-state index is 12.1. The third kappa shape index (κ3) is 4.08. The van der Waals surface area contributed by atoms with Crippen LogP contribution in [0.5, 0.6) is 0 Å². The molecular weight excluding hydrogens is 262 g/mol. The molecule has 0 radical (unpaired) electrons. The van der Waals surface area contributed by atoms with E-state index in [0.29, 0.717) is 11.3 Å². The van der Waals surface area contributed by atoms with Gasteiger partial charge in [0.15, 0.2) is 0 Å². The zero-order valence-corrected chi connectivity index (χ0v) is 12.1. The number of carbonyl (C=O) groups is 1. The second-order valence-electron chi connectivity index (χ2n) is 4.92. The van der Waals surface area contributed by atoms with Crippen molar-refractivity contribution in [1.29, 1.82) is 5.26 Å². The van der Waals surface area contributed by atoms with Crippen LogP contribution in [0.1, 0.15) is 18.1 Å². The lowest BCUT2D eigenvalue weighted by molar-refractivity contribution is -0.116. The van der Waals surface area contributed by atoms with E-state index in [9.17, 15) is 4.79 Å². The second kappa shape index (κ2) is 6.58. The van der Waals surface area contributed by atoms with Crippen LogP contribution in [-0.2, 0) is 4.79 Å². The van der Waals surface area contributed by atoms with Crippen LogP contribution in [0.2, 0.25) is 0 Å². The summed E-state index contributed by atoms with van der Waals surface area (Å²) in [7, 11) is 0. The molecule has 1 amide bonds. The molecule has 0 saturated heterocycles. The van der Waals surface area contributed by atoms with Gasteiger partial charge in [0.05, 0.1) is 11.6 Å². The number of nitriles is 1. The molecule has 1 atom stereocenters. The minimum atomic E-state index is -0.377. The van der Waals surface area contributed by atoms with Crippen LogP contribution in [-0.4, -0.2) is 11.9 Å². The molecule has 0 fully saturated rings. The molecule has 2 aromatic carbocycles. The molecule has 0 aromatic heterocycles. The van der Waals surface area contributed by atoms with Crippen molar-refractivity contribution in [2.24, 2.45) is 0 Å². The third-order valence-corrected chi connectivity index (χ3v) is 3.05. The minimum Gasteiger partial charge on any atom is -0.374 e. The van der Waals surface area contributed by atoms with Crippen LogP contribution >= 0.6 is 0 Å². The lowest BCUT2D eigenvalue weighted by atomic mass is 10.2. The summed E-state index contributed by atoms with van der Waals surface area (Å²) in [4.78, 5) is 12.1. The van der Waals surface area contributed by atoms with Crippen LogP contribution in [0.4, 0.5) is 11.4 Å². The van der Waals surface area contributed by atoms with Crippen LogP contribution < -0.4 is 10.6 Å². The summed E-state index contributed by atoms with van der Waals surface area (Å²) in [6.45, 7) is 3.80. The van der Waals surface area contributed by atoms with Gasteiger partial charge in [-0.3, -0.25) is 4.79 Å². The molecule has 2 aromatic rings. The molecule has 0 heterocycles. The highest BCUT2D eigenvalue weighted by molar-refractivity contribution is 5.96. The van der Waals surface area contributed by atoms with Gasteiger partial charge in [0, 0.05) is 11.4 Å². The number of rotatable bonds is 4. The minimum absolute atomic E-state index is 0.147. The summed E-state index contributed by atoms with van der Waals surface area (Å²) in [6.07, 6.45) is 0. The van der Waals surface area contributed by atoms with Crippen molar-refractivity contribution in [2.45, 2.75) is 19.9 Å². The fourth-order valence-corrected chi connectivity index (χ4v) is 1.97. The molecule has 4 nitrogen and oxygen atoms in total. The number of anilines is 2. The van der Waals surface area contributed by atoms with Gasteiger partial charge in [-0.25, -0.2) is 0 Å². The Labute approximate surface area is 124 Å². The number of benzene rings is 2. The molecule has 0 aliphatic heterocycles. The molecule has 0 unspecified atom stereocenters. The van der Waals surface area contributed by atoms with Crippen molar-refractivity contribution in [3.8, 4) is 6.07 Å². The monoisotopic (exact) mass is 279 g/mol. The van der Waals surface area contributed by atoms with E-state index >= 15 is 0 Å². The first-order valence-corrected chi connectivity index (χ1v) is 6.73. The van der Waals surface area contributed by atoms with Crippen LogP contribution in [0.25, 0.3) is 0 Å². The van der Waals surface area contributed by atoms with Gasteiger partial charge in [-0.05, 0) is 49.7 Å². The Kier molecular flexibility index (Phi) is 4.57. The molecular formula is C17H17N3O. The summed E-state index contributed by atoms with van der Waals surface area (Å²) >= 11 is 0. The topological polar surface area (TPSA) is 64.9 Å². The van der Waals surface area contributed by atoms with Crippen molar-refractivity contribution < 1.29 is 4.79 Å². The zero-order valence-electron chi connectivity index (χ0n) is 12.1. The molecule has 0 spiro atoms. The van der Waals surface area contributed by atoms with E-state index in [2.05, 4.69) is 10.6 Å². The summed E-state index contributed by atoms with van der Waals surface area (Å²) < 4.78 is 0. The van der Waals surface area contributed by atoms with Gasteiger partial charge in [-0.1, -0.05) is 18.2 Å². The smallest absolute Gasteiger partial charge is 0.246 e. The number of hydrogen-bond acceptors (Lipinski definition) is 3. The quantitative estimate of drug-likeness (QED) is 0.902. The van der Waals surface area contributed by atoms with Gasteiger partial charge in [-0.2, -0.15) is 5.26 Å². The Balaban J connectivity index is 2.01. The molecule has 0 aliphatic carbocycles.